The molecule has 7 nitrogen and oxygen atoms in total. The van der Waals surface area contributed by atoms with Crippen LogP contribution in [0.2, 0.25) is 0 Å². The molecule has 0 aliphatic heterocycles. The molecule has 158 valence electrons. The van der Waals surface area contributed by atoms with Crippen molar-refractivity contribution >= 4 is 6.09 Å². The Morgan fingerprint density at radius 3 is 2.62 bits per heavy atom. The number of amides is 1. The zero-order valence-corrected chi connectivity index (χ0v) is 16.3. The summed E-state index contributed by atoms with van der Waals surface area (Å²) < 4.78 is 45.1. The molecule has 0 fully saturated rings. The second kappa shape index (κ2) is 7.66. The minimum absolute atomic E-state index is 0.0935. The van der Waals surface area contributed by atoms with E-state index in [1.54, 1.807) is 20.8 Å². The van der Waals surface area contributed by atoms with Crippen LogP contribution in [-0.4, -0.2) is 32.2 Å². The summed E-state index contributed by atoms with van der Waals surface area (Å²) in [6.45, 7) is 5.35. The van der Waals surface area contributed by atoms with Crippen LogP contribution in [0.3, 0.4) is 0 Å². The average molecular weight is 412 g/mol. The second-order valence-electron chi connectivity index (χ2n) is 7.68. The van der Waals surface area contributed by atoms with Crippen molar-refractivity contribution in [1.29, 1.82) is 0 Å². The largest absolute Gasteiger partial charge is 0.440 e. The third-order valence-electron chi connectivity index (χ3n) is 4.74. The molecule has 2 atom stereocenters. The van der Waals surface area contributed by atoms with Gasteiger partial charge in [-0.3, -0.25) is 0 Å². The van der Waals surface area contributed by atoms with E-state index in [-0.39, 0.29) is 12.6 Å². The number of nitrogens with zero attached hydrogens (tertiary/aromatic N) is 3. The van der Waals surface area contributed by atoms with Gasteiger partial charge in [-0.2, -0.15) is 13.2 Å². The Labute approximate surface area is 165 Å². The van der Waals surface area contributed by atoms with Crippen molar-refractivity contribution in [3.63, 3.8) is 0 Å². The van der Waals surface area contributed by atoms with Gasteiger partial charge in [0.25, 0.3) is 0 Å². The van der Waals surface area contributed by atoms with E-state index in [0.717, 1.165) is 12.1 Å². The topological polar surface area (TPSA) is 89.3 Å². The number of alkyl carbamates (subject to hydrolysis) is 1. The molecule has 1 aromatic heterocycles. The number of ether oxygens (including phenoxy) is 1. The monoisotopic (exact) mass is 412 g/mol. The maximum atomic E-state index is 12.7. The van der Waals surface area contributed by atoms with Crippen LogP contribution in [0.5, 0.6) is 0 Å². The van der Waals surface area contributed by atoms with E-state index in [9.17, 15) is 23.1 Å². The molecule has 10 heteroatoms. The zero-order valence-electron chi connectivity index (χ0n) is 16.3. The normalized spacial score (nSPS) is 21.7. The number of hydrogen-bond donors (Lipinski definition) is 2. The molecule has 1 aliphatic rings. The molecule has 1 amide bonds. The van der Waals surface area contributed by atoms with Gasteiger partial charge in [0, 0.05) is 6.04 Å². The van der Waals surface area contributed by atoms with E-state index < -0.39 is 29.5 Å². The highest BCUT2D eigenvalue weighted by Crippen LogP contribution is 2.41. The molecule has 0 radical (unpaired) electrons. The van der Waals surface area contributed by atoms with Crippen LogP contribution in [0.1, 0.15) is 62.2 Å². The molecule has 2 N–H and O–H groups in total. The van der Waals surface area contributed by atoms with Gasteiger partial charge in [-0.05, 0) is 51.3 Å². The molecule has 29 heavy (non-hydrogen) atoms. The number of nitrogens with one attached hydrogen (secondary N) is 1. The van der Waals surface area contributed by atoms with E-state index >= 15 is 0 Å². The molecular formula is C19H23F3N4O3. The standard InChI is InChI=1S/C19H23F3N4O3/c1-11(2)23-17(27)29-14-8-9-18(3,28)16-15(14)24-25-26(16)10-12-4-6-13(7-5-12)19(20,21)22/h4-7,11,14,28H,8-10H2,1-3H3,(H,23,27)/t14-,18-/m1/s1. The molecule has 2 aromatic rings. The van der Waals surface area contributed by atoms with Gasteiger partial charge in [0.1, 0.15) is 17.4 Å². The van der Waals surface area contributed by atoms with Crippen LogP contribution in [-0.2, 0) is 23.1 Å². The Balaban J connectivity index is 1.84. The highest BCUT2D eigenvalue weighted by atomic mass is 19.4. The number of rotatable bonds is 4. The van der Waals surface area contributed by atoms with Crippen LogP contribution >= 0.6 is 0 Å². The van der Waals surface area contributed by atoms with Crippen molar-refractivity contribution in [1.82, 2.24) is 20.3 Å². The van der Waals surface area contributed by atoms with Gasteiger partial charge in [-0.25, -0.2) is 9.48 Å². The molecular weight excluding hydrogens is 389 g/mol. The summed E-state index contributed by atoms with van der Waals surface area (Å²) >= 11 is 0. The van der Waals surface area contributed by atoms with Crippen LogP contribution in [0.15, 0.2) is 24.3 Å². The van der Waals surface area contributed by atoms with Gasteiger partial charge in [0.05, 0.1) is 17.8 Å². The second-order valence-corrected chi connectivity index (χ2v) is 7.68. The minimum Gasteiger partial charge on any atom is -0.440 e. The Hall–Kier alpha value is -2.62. The number of halogens is 3. The molecule has 0 unspecified atom stereocenters. The summed E-state index contributed by atoms with van der Waals surface area (Å²) in [6.07, 6.45) is -4.96. The van der Waals surface area contributed by atoms with Gasteiger partial charge >= 0.3 is 12.3 Å². The lowest BCUT2D eigenvalue weighted by molar-refractivity contribution is -0.137. The molecule has 1 heterocycles. The fraction of sp³-hybridized carbons (Fsp3) is 0.526. The number of benzene rings is 1. The maximum absolute atomic E-state index is 12.7. The first-order valence-corrected chi connectivity index (χ1v) is 9.27. The summed E-state index contributed by atoms with van der Waals surface area (Å²) in [5.41, 5.74) is -0.669. The SMILES string of the molecule is CC(C)NC(=O)O[C@@H]1CC[C@@](C)(O)c2c1nnn2Cc1ccc(C(F)(F)F)cc1. The van der Waals surface area contributed by atoms with Crippen molar-refractivity contribution in [2.45, 2.75) is 64.1 Å². The first-order chi connectivity index (χ1) is 13.5. The van der Waals surface area contributed by atoms with E-state index in [0.29, 0.717) is 29.8 Å². The molecule has 3 rings (SSSR count). The highest BCUT2D eigenvalue weighted by Gasteiger charge is 2.41. The summed E-state index contributed by atoms with van der Waals surface area (Å²) in [5, 5.41) is 21.6. The number of hydrogen-bond acceptors (Lipinski definition) is 5. The average Bonchev–Trinajstić information content (AvgIpc) is 3.02. The van der Waals surface area contributed by atoms with Gasteiger partial charge in [-0.15, -0.1) is 5.10 Å². The first kappa shape index (κ1) is 21.1. The Bertz CT molecular complexity index is 876. The lowest BCUT2D eigenvalue weighted by Gasteiger charge is -2.32. The van der Waals surface area contributed by atoms with Crippen LogP contribution in [0, 0.1) is 0 Å². The van der Waals surface area contributed by atoms with E-state index in [1.807, 2.05) is 0 Å². The predicted octanol–water partition coefficient (Wildman–Crippen LogP) is 3.52. The van der Waals surface area contributed by atoms with Gasteiger partial charge in [0.15, 0.2) is 0 Å². The predicted molar refractivity (Wildman–Crippen MR) is 96.9 cm³/mol. The maximum Gasteiger partial charge on any atom is 0.416 e. The van der Waals surface area contributed by atoms with Gasteiger partial charge in [-0.1, -0.05) is 17.3 Å². The molecule has 0 saturated carbocycles. The summed E-state index contributed by atoms with van der Waals surface area (Å²) in [4.78, 5) is 12.0. The number of fused-ring (bicyclic) bond motifs is 1. The van der Waals surface area contributed by atoms with Crippen LogP contribution in [0.4, 0.5) is 18.0 Å². The zero-order chi connectivity index (χ0) is 21.4. The summed E-state index contributed by atoms with van der Waals surface area (Å²) in [5.74, 6) is 0. The van der Waals surface area contributed by atoms with Crippen LogP contribution < -0.4 is 5.32 Å². The van der Waals surface area contributed by atoms with E-state index in [2.05, 4.69) is 15.6 Å². The highest BCUT2D eigenvalue weighted by molar-refractivity contribution is 5.67. The van der Waals surface area contributed by atoms with Crippen molar-refractivity contribution < 1.29 is 27.8 Å². The van der Waals surface area contributed by atoms with Crippen molar-refractivity contribution in [2.24, 2.45) is 0 Å². The molecule has 0 bridgehead atoms. The Morgan fingerprint density at radius 1 is 1.38 bits per heavy atom. The number of carbonyl (C=O) groups excluding carboxylic acids is 1. The number of alkyl halides is 3. The molecule has 0 saturated heterocycles. The van der Waals surface area contributed by atoms with Crippen molar-refractivity contribution in [2.75, 3.05) is 0 Å². The number of aromatic nitrogens is 3. The van der Waals surface area contributed by atoms with Gasteiger partial charge in [0.2, 0.25) is 0 Å². The summed E-state index contributed by atoms with van der Waals surface area (Å²) in [6, 6.07) is 4.62. The third kappa shape index (κ3) is 4.69. The van der Waals surface area contributed by atoms with Crippen molar-refractivity contribution in [3.05, 3.63) is 46.8 Å². The molecule has 1 aromatic carbocycles. The third-order valence-corrected chi connectivity index (χ3v) is 4.74. The number of aliphatic hydroxyl groups is 1. The first-order valence-electron chi connectivity index (χ1n) is 9.27. The molecule has 0 spiro atoms. The van der Waals surface area contributed by atoms with Gasteiger partial charge < -0.3 is 15.2 Å². The lowest BCUT2D eigenvalue weighted by Crippen LogP contribution is -2.36. The quantitative estimate of drug-likeness (QED) is 0.802. The Kier molecular flexibility index (Phi) is 5.57. The van der Waals surface area contributed by atoms with E-state index in [4.69, 9.17) is 4.74 Å². The Morgan fingerprint density at radius 2 is 2.03 bits per heavy atom. The lowest BCUT2D eigenvalue weighted by atomic mass is 9.85. The number of carbonyl (C=O) groups is 1. The van der Waals surface area contributed by atoms with Crippen molar-refractivity contribution in [3.8, 4) is 0 Å². The fourth-order valence-electron chi connectivity index (χ4n) is 3.36. The van der Waals surface area contributed by atoms with Crippen LogP contribution in [0.25, 0.3) is 0 Å². The molecule has 1 aliphatic carbocycles. The summed E-state index contributed by atoms with van der Waals surface area (Å²) in [7, 11) is 0. The smallest absolute Gasteiger partial charge is 0.416 e. The minimum atomic E-state index is -4.41. The fourth-order valence-corrected chi connectivity index (χ4v) is 3.36. The van der Waals surface area contributed by atoms with E-state index in [1.165, 1.54) is 16.8 Å².